The first-order chi connectivity index (χ1) is 65.8. The van der Waals surface area contributed by atoms with Crippen LogP contribution >= 0.6 is 21.6 Å². The minimum absolute atomic E-state index is 0.00850. The second-order valence-electron chi connectivity index (χ2n) is 32.1. The number of aliphatic hydroxyl groups is 10. The average molecular weight is 1990 g/mol. The van der Waals surface area contributed by atoms with Crippen molar-refractivity contribution in [2.24, 2.45) is 17.8 Å². The van der Waals surface area contributed by atoms with Crippen molar-refractivity contribution >= 4 is 156 Å². The van der Waals surface area contributed by atoms with Crippen LogP contribution in [0.2, 0.25) is 0 Å². The molecule has 28 N–H and O–H groups in total. The zero-order chi connectivity index (χ0) is 103. The minimum atomic E-state index is -2.20. The number of ether oxygens (including phenoxy) is 1. The first-order valence-electron chi connectivity index (χ1n) is 43.3. The van der Waals surface area contributed by atoms with Gasteiger partial charge in [0.1, 0.15) is 79.0 Å². The Bertz CT molecular complexity index is 5430. The Labute approximate surface area is 796 Å². The van der Waals surface area contributed by atoms with E-state index in [9.17, 15) is 163 Å². The van der Waals surface area contributed by atoms with Crippen molar-refractivity contribution in [2.45, 2.75) is 208 Å². The molecule has 0 aliphatic rings. The van der Waals surface area contributed by atoms with E-state index in [1.54, 1.807) is 37.4 Å². The molecule has 4 aromatic heterocycles. The van der Waals surface area contributed by atoms with Gasteiger partial charge >= 0.3 is 35.8 Å². The molecule has 7 amide bonds. The van der Waals surface area contributed by atoms with Crippen molar-refractivity contribution < 1.29 is 163 Å². The van der Waals surface area contributed by atoms with E-state index in [2.05, 4.69) is 82.4 Å². The number of fused-ring (bicyclic) bond motifs is 2. The number of aliphatic hydroxyl groups excluding tert-OH is 10. The van der Waals surface area contributed by atoms with Crippen molar-refractivity contribution in [2.75, 3.05) is 62.0 Å². The monoisotopic (exact) mass is 1990 g/mol. The smallest absolute Gasteiger partial charge is 0.327 e. The quantitative estimate of drug-likeness (QED) is 0.00732. The van der Waals surface area contributed by atoms with Crippen LogP contribution in [-0.2, 0) is 96.0 Å². The molecule has 0 aliphatic carbocycles. The number of carboxylic acids is 5. The summed E-state index contributed by atoms with van der Waals surface area (Å²) in [4.78, 5) is 268. The molecule has 0 fully saturated rings. The molecular formula is C85H112N18O34S2. The molecule has 0 aliphatic heterocycles. The number of carbonyl (C=O) groups excluding carboxylic acids is 12. The number of nitrogens with two attached hydrogens (primary N) is 1. The lowest BCUT2D eigenvalue weighted by atomic mass is 9.89. The summed E-state index contributed by atoms with van der Waals surface area (Å²) in [6, 6.07) is 4.66. The number of Topliss-reactive ketones (excluding diaryl/α,β-unsaturated/α-hetero) is 4. The van der Waals surface area contributed by atoms with Crippen LogP contribution < -0.4 is 59.3 Å². The van der Waals surface area contributed by atoms with Gasteiger partial charge in [0.15, 0.2) is 39.6 Å². The maximum absolute atomic E-state index is 14.7. The highest BCUT2D eigenvalue weighted by atomic mass is 33.1. The van der Waals surface area contributed by atoms with E-state index in [1.807, 2.05) is 0 Å². The fourth-order valence-electron chi connectivity index (χ4n) is 13.4. The number of aliphatic carboxylic acids is 5. The van der Waals surface area contributed by atoms with Crippen LogP contribution in [0.4, 0.5) is 11.6 Å². The molecule has 0 saturated heterocycles. The summed E-state index contributed by atoms with van der Waals surface area (Å²) in [6.07, 6.45) is -25.4. The number of rotatable bonds is 66. The van der Waals surface area contributed by atoms with Crippen LogP contribution in [0.25, 0.3) is 22.3 Å². The number of nitrogens with one attached hydrogen (secondary N) is 11. The molecule has 0 saturated carbocycles. The number of aromatic amines is 2. The molecule has 0 radical (unpaired) electrons. The Morgan fingerprint density at radius 2 is 0.993 bits per heavy atom. The number of hydrogen-bond donors (Lipinski definition) is 27. The number of esters is 1. The number of anilines is 2. The fourth-order valence-corrected chi connectivity index (χ4v) is 15.4. The Morgan fingerprint density at radius 1 is 0.482 bits per heavy atom. The zero-order valence-corrected chi connectivity index (χ0v) is 76.4. The SMILES string of the molecule is Cc1nc2ncc(CCc3ccc(C(=O)C[C@@H](CCC(=O)NCC(=O)OCCSSC[C@@H](NC(=O)CCC(=O)[C@@H](CCC(=O)O)NC(=O)[C@H](CCC(=O)NC[C@H](O)[C@@H](O)[C@H](O)[C@H](O)CO)CC(=O)[C@@H](CCC(=O)O)NC(=O)[C@H](CCC(=O)NC[C@H](O)[C@@H](O)[C@H](O)[C@H](O)CO)CC(=O)CC[C@@H](NC(=O)c4ccc(NCc5cnc6nc(N)[nH]c(=O)c6n5)cc4)C(=O)O)C(=O)O)C(=O)O)cc3)nc2c(=N)[nH]1. The number of carbonyl (C=O) groups is 17. The normalized spacial score (nSPS) is 14.6. The van der Waals surface area contributed by atoms with Gasteiger partial charge in [-0.15, -0.1) is 0 Å². The van der Waals surface area contributed by atoms with Gasteiger partial charge in [-0.2, -0.15) is 4.98 Å². The highest BCUT2D eigenvalue weighted by Crippen LogP contribution is 2.26. The minimum Gasteiger partial charge on any atom is -0.481 e. The number of carboxylic acid groups (broad SMARTS) is 5. The summed E-state index contributed by atoms with van der Waals surface area (Å²) in [6.45, 7) is -3.10. The highest BCUT2D eigenvalue weighted by Gasteiger charge is 2.37. The molecule has 6 rings (SSSR count). The molecule has 4 heterocycles. The lowest BCUT2D eigenvalue weighted by molar-refractivity contribution is -0.144. The number of nitrogen functional groups attached to an aromatic ring is 1. The van der Waals surface area contributed by atoms with Crippen molar-refractivity contribution in [1.29, 1.82) is 5.41 Å². The Balaban J connectivity index is 1.07. The summed E-state index contributed by atoms with van der Waals surface area (Å²) < 4.78 is 5.12. The summed E-state index contributed by atoms with van der Waals surface area (Å²) >= 11 is 0. The second-order valence-corrected chi connectivity index (χ2v) is 34.7. The summed E-state index contributed by atoms with van der Waals surface area (Å²) in [7, 11) is 1.86. The maximum atomic E-state index is 14.7. The van der Waals surface area contributed by atoms with Crippen LogP contribution in [0.5, 0.6) is 0 Å². The largest absolute Gasteiger partial charge is 0.481 e. The number of ketones is 4. The number of nitrogens with zero attached hydrogens (tertiary/aromatic N) is 6. The number of hydrogen-bond acceptors (Lipinski definition) is 40. The molecule has 0 spiro atoms. The van der Waals surface area contributed by atoms with Gasteiger partial charge in [0.25, 0.3) is 11.5 Å². The van der Waals surface area contributed by atoms with Crippen LogP contribution in [0.15, 0.2) is 65.7 Å². The van der Waals surface area contributed by atoms with E-state index in [4.69, 9.17) is 15.9 Å². The molecule has 6 aromatic rings. The molecule has 15 atom stereocenters. The first-order valence-corrected chi connectivity index (χ1v) is 45.8. The average Bonchev–Trinajstić information content (AvgIpc) is 0.811. The van der Waals surface area contributed by atoms with Gasteiger partial charge < -0.3 is 135 Å². The number of benzene rings is 2. The number of aryl methyl sites for hydroxylation is 3. The predicted octanol–water partition coefficient (Wildman–Crippen LogP) is -5.66. The van der Waals surface area contributed by atoms with Crippen LogP contribution in [0, 0.1) is 30.1 Å². The number of H-pyrrole nitrogens is 2. The van der Waals surface area contributed by atoms with E-state index in [0.29, 0.717) is 46.9 Å². The molecule has 0 bridgehead atoms. The number of aromatic nitrogens is 8. The molecule has 758 valence electrons. The van der Waals surface area contributed by atoms with Crippen molar-refractivity contribution in [3.63, 3.8) is 0 Å². The molecule has 52 nitrogen and oxygen atoms in total. The lowest BCUT2D eigenvalue weighted by Gasteiger charge is -2.26. The third-order valence-corrected chi connectivity index (χ3v) is 23.7. The van der Waals surface area contributed by atoms with Gasteiger partial charge in [-0.3, -0.25) is 87.1 Å². The molecular weight excluding hydrogens is 1880 g/mol. The predicted molar refractivity (Wildman–Crippen MR) is 483 cm³/mol. The molecule has 2 aromatic carbocycles. The number of amides is 7. The van der Waals surface area contributed by atoms with Crippen molar-refractivity contribution in [3.8, 4) is 0 Å². The van der Waals surface area contributed by atoms with E-state index >= 15 is 0 Å². The molecule has 54 heteroatoms. The van der Waals surface area contributed by atoms with Gasteiger partial charge in [-0.1, -0.05) is 45.9 Å². The lowest BCUT2D eigenvalue weighted by Crippen LogP contribution is -2.50. The second kappa shape index (κ2) is 57.7. The standard InChI is InChI=1S/C85H112N18O34S2/c1-40-94-75(86)69-76(95-40)92-31-48(96-69)12-4-41-2-5-42(6-3-41)56(108)30-46(82(131)132)11-22-64(116)91-36-68(122)137-26-27-138-139-39-54(84(135)136)98-65(117)23-19-55(107)51(17-24-66(118)119)99-80(129)45(10-21-63(115)90-35-59(111)72(124)74(126)61(113)38-105)29-57(109)52(18-25-67(120)121)100-79(128)44(9-20-62(114)89-34-58(110)71(123)73(125)60(112)37-104)28-50(106)15-16-53(83(133)134)101-78(127)43-7-13-47(14-8-43)88-32-49-33-93-77-70(97-49)81(130)103-85(87)102-77/h2-3,5-8,13-14,31,33,44-46,51-54,58-61,71-74,88,104-105,110-113,123-126H,4,9-12,15-30,32,34-39H2,1H3,(H,89,114)(H,90,115)(H,91,116)(H,98,117)(H,99,129)(H,100,128)(H,101,127)(H,118,119)(H,120,121)(H,131,132)(H,133,134)(H,135,136)(H2,86,92,94,95)(H3,87,93,102,103,130)/t44-,45-,46-,51-,52-,53-,54-,58+,59+,60-,61-,71-,72-,73-,74-/m1/s1. The van der Waals surface area contributed by atoms with Gasteiger partial charge in [0, 0.05) is 124 Å². The Kier molecular flexibility index (Phi) is 47.4. The Hall–Kier alpha value is -13.4. The van der Waals surface area contributed by atoms with E-state index in [1.165, 1.54) is 30.5 Å². The zero-order valence-electron chi connectivity index (χ0n) is 74.8. The maximum Gasteiger partial charge on any atom is 0.327 e. The third kappa shape index (κ3) is 39.5. The highest BCUT2D eigenvalue weighted by molar-refractivity contribution is 8.76. The van der Waals surface area contributed by atoms with Crippen molar-refractivity contribution in [3.05, 3.63) is 111 Å². The van der Waals surface area contributed by atoms with Gasteiger partial charge in [-0.25, -0.2) is 34.5 Å². The van der Waals surface area contributed by atoms with E-state index in [-0.39, 0.29) is 71.2 Å². The summed E-state index contributed by atoms with van der Waals surface area (Å²) in [5.41, 5.74) is 7.84. The molecule has 139 heavy (non-hydrogen) atoms. The van der Waals surface area contributed by atoms with E-state index < -0.39 is 326 Å². The molecule has 0 unspecified atom stereocenters. The van der Waals surface area contributed by atoms with Gasteiger partial charge in [-0.05, 0) is 88.1 Å². The van der Waals surface area contributed by atoms with Gasteiger partial charge in [0.2, 0.25) is 41.4 Å². The summed E-state index contributed by atoms with van der Waals surface area (Å²) in [5, 5.41) is 177. The Morgan fingerprint density at radius 3 is 1.55 bits per heavy atom. The summed E-state index contributed by atoms with van der Waals surface area (Å²) in [5.74, 6) is -24.7. The fraction of sp³-hybridized carbons (Fsp3) is 0.518. The van der Waals surface area contributed by atoms with Crippen LogP contribution in [0.1, 0.15) is 153 Å². The third-order valence-electron chi connectivity index (χ3n) is 21.4. The van der Waals surface area contributed by atoms with Crippen LogP contribution in [0.3, 0.4) is 0 Å². The van der Waals surface area contributed by atoms with Crippen molar-refractivity contribution in [1.82, 2.24) is 77.1 Å². The topological polar surface area (TPSA) is 875 Å². The van der Waals surface area contributed by atoms with E-state index in [0.717, 1.165) is 27.2 Å². The van der Waals surface area contributed by atoms with Crippen LogP contribution in [-0.4, -0.2) is 341 Å². The van der Waals surface area contributed by atoms with Gasteiger partial charge in [0.05, 0.1) is 73.7 Å². The first kappa shape index (κ1) is 114.